The molecule has 0 amide bonds. The summed E-state index contributed by atoms with van der Waals surface area (Å²) in [4.78, 5) is 11.0. The third-order valence-corrected chi connectivity index (χ3v) is 9.17. The fourth-order valence-electron chi connectivity index (χ4n) is 5.48. The zero-order valence-electron chi connectivity index (χ0n) is 22.1. The molecule has 0 saturated heterocycles. The molecule has 0 spiro atoms. The minimum Gasteiger partial charge on any atom is -0.494 e. The molecule has 1 aliphatic carbocycles. The van der Waals surface area contributed by atoms with Crippen LogP contribution in [0.15, 0.2) is 42.5 Å². The van der Waals surface area contributed by atoms with Gasteiger partial charge in [0.1, 0.15) is 21.4 Å². The molecule has 1 saturated carbocycles. The van der Waals surface area contributed by atoms with Gasteiger partial charge in [0.05, 0.1) is 18.4 Å². The van der Waals surface area contributed by atoms with E-state index in [0.29, 0.717) is 31.7 Å². The summed E-state index contributed by atoms with van der Waals surface area (Å²) in [6.45, 7) is 3.93. The Morgan fingerprint density at radius 2 is 1.87 bits per heavy atom. The number of guanidine groups is 1. The number of hydrogen-bond donors (Lipinski definition) is 3. The predicted octanol–water partition coefficient (Wildman–Crippen LogP) is 4.42. The number of rotatable bonds is 9. The van der Waals surface area contributed by atoms with Crippen LogP contribution in [0.1, 0.15) is 68.7 Å². The van der Waals surface area contributed by atoms with Crippen molar-refractivity contribution in [1.82, 2.24) is 4.90 Å². The second-order valence-electron chi connectivity index (χ2n) is 9.98. The highest BCUT2D eigenvalue weighted by molar-refractivity contribution is 7.91. The summed E-state index contributed by atoms with van der Waals surface area (Å²) < 4.78 is 43.6. The lowest BCUT2D eigenvalue weighted by Crippen LogP contribution is -2.54. The van der Waals surface area contributed by atoms with Crippen molar-refractivity contribution in [3.8, 4) is 5.75 Å². The fraction of sp³-hybridized carbons (Fsp3) is 0.500. The Balaban J connectivity index is 0.000000934. The summed E-state index contributed by atoms with van der Waals surface area (Å²) in [6, 6.07) is 12.6. The van der Waals surface area contributed by atoms with Crippen LogP contribution in [0, 0.1) is 11.2 Å². The Morgan fingerprint density at radius 1 is 1.21 bits per heavy atom. The smallest absolute Gasteiger partial charge is 0.300 e. The first-order chi connectivity index (χ1) is 18.0. The van der Waals surface area contributed by atoms with E-state index in [1.165, 1.54) is 17.7 Å². The normalized spacial score (nSPS) is 17.9. The van der Waals surface area contributed by atoms with Gasteiger partial charge in [-0.25, -0.2) is 12.8 Å². The van der Waals surface area contributed by atoms with E-state index in [2.05, 4.69) is 6.07 Å². The van der Waals surface area contributed by atoms with Gasteiger partial charge in [-0.15, -0.1) is 0 Å². The zero-order chi connectivity index (χ0) is 27.9. The van der Waals surface area contributed by atoms with Crippen molar-refractivity contribution in [2.75, 3.05) is 24.7 Å². The molecule has 1 atom stereocenters. The van der Waals surface area contributed by atoms with Gasteiger partial charge in [0.2, 0.25) is 0 Å². The summed E-state index contributed by atoms with van der Waals surface area (Å²) in [5.74, 6) is -0.0329. The molecular weight excluding hydrogens is 509 g/mol. The number of aliphatic carboxylic acids is 1. The van der Waals surface area contributed by atoms with Gasteiger partial charge in [0.25, 0.3) is 5.97 Å². The monoisotopic (exact) mass is 547 g/mol. The third kappa shape index (κ3) is 7.03. The van der Waals surface area contributed by atoms with Gasteiger partial charge in [-0.3, -0.25) is 10.2 Å². The number of benzene rings is 2. The molecule has 0 aromatic heterocycles. The third-order valence-electron chi connectivity index (χ3n) is 7.23. The lowest BCUT2D eigenvalue weighted by Gasteiger charge is -2.54. The van der Waals surface area contributed by atoms with Crippen molar-refractivity contribution in [3.63, 3.8) is 0 Å². The van der Waals surface area contributed by atoms with E-state index in [4.69, 9.17) is 25.8 Å². The summed E-state index contributed by atoms with van der Waals surface area (Å²) in [5.41, 5.74) is 9.16. The molecule has 1 fully saturated rings. The summed E-state index contributed by atoms with van der Waals surface area (Å²) in [7, 11) is -3.03. The molecule has 2 aliphatic rings. The number of fused-ring (bicyclic) bond motifs is 1. The Morgan fingerprint density at radius 3 is 2.42 bits per heavy atom. The van der Waals surface area contributed by atoms with E-state index in [1.807, 2.05) is 36.1 Å². The standard InChI is InChI=1S/C26H34FN3O3S.C2H4O2/c1-2-16-34(31,32)17-4-15-33-22-10-5-19-11-14-30(25(28)29)24(23(19)18-22)26(12-3-13-26)20-6-8-21(27)9-7-20;1-2(3)4/h5-10,18,24H,2-4,11-17H2,1H3,(H3,28,29);1H3,(H,3,4). The van der Waals surface area contributed by atoms with Gasteiger partial charge >= 0.3 is 0 Å². The van der Waals surface area contributed by atoms with Gasteiger partial charge in [-0.1, -0.05) is 31.5 Å². The molecule has 1 heterocycles. The number of carboxylic acids is 1. The molecule has 10 heteroatoms. The number of sulfone groups is 1. The first kappa shape index (κ1) is 29.4. The lowest BCUT2D eigenvalue weighted by atomic mass is 9.57. The zero-order valence-corrected chi connectivity index (χ0v) is 22.9. The van der Waals surface area contributed by atoms with E-state index in [9.17, 15) is 12.8 Å². The van der Waals surface area contributed by atoms with Gasteiger partial charge in [0.15, 0.2) is 5.96 Å². The fourth-order valence-corrected chi connectivity index (χ4v) is 6.86. The van der Waals surface area contributed by atoms with Crippen molar-refractivity contribution >= 4 is 21.8 Å². The van der Waals surface area contributed by atoms with Crippen molar-refractivity contribution in [3.05, 3.63) is 65.0 Å². The molecule has 2 aromatic rings. The molecule has 1 aliphatic heterocycles. The molecule has 208 valence electrons. The highest BCUT2D eigenvalue weighted by atomic mass is 32.2. The number of hydrogen-bond acceptors (Lipinski definition) is 5. The molecule has 0 bridgehead atoms. The topological polar surface area (TPSA) is 134 Å². The van der Waals surface area contributed by atoms with Gasteiger partial charge < -0.3 is 20.5 Å². The van der Waals surface area contributed by atoms with Crippen molar-refractivity contribution in [2.45, 2.75) is 63.8 Å². The minimum atomic E-state index is -3.03. The van der Waals surface area contributed by atoms with E-state index in [-0.39, 0.29) is 34.7 Å². The van der Waals surface area contributed by atoms with Crippen LogP contribution in [-0.2, 0) is 26.5 Å². The minimum absolute atomic E-state index is 0.0384. The number of halogens is 1. The van der Waals surface area contributed by atoms with E-state index >= 15 is 0 Å². The van der Waals surface area contributed by atoms with Gasteiger partial charge in [-0.2, -0.15) is 0 Å². The Bertz CT molecular complexity index is 1230. The van der Waals surface area contributed by atoms with Crippen LogP contribution in [-0.4, -0.2) is 55.0 Å². The van der Waals surface area contributed by atoms with Gasteiger partial charge in [-0.05, 0) is 73.1 Å². The van der Waals surface area contributed by atoms with Crippen LogP contribution in [0.2, 0.25) is 0 Å². The lowest BCUT2D eigenvalue weighted by molar-refractivity contribution is -0.134. The van der Waals surface area contributed by atoms with Crippen LogP contribution >= 0.6 is 0 Å². The predicted molar refractivity (Wildman–Crippen MR) is 146 cm³/mol. The number of carbonyl (C=O) groups is 1. The van der Waals surface area contributed by atoms with Gasteiger partial charge in [0, 0.05) is 24.6 Å². The van der Waals surface area contributed by atoms with Crippen LogP contribution in [0.4, 0.5) is 4.39 Å². The number of carboxylic acid groups (broad SMARTS) is 1. The second-order valence-corrected chi connectivity index (χ2v) is 12.3. The molecule has 38 heavy (non-hydrogen) atoms. The summed E-state index contributed by atoms with van der Waals surface area (Å²) >= 11 is 0. The largest absolute Gasteiger partial charge is 0.494 e. The SMILES string of the molecule is CC(=O)O.CCCS(=O)(=O)CCCOc1ccc2c(c1)C(C1(c3ccc(F)cc3)CCC1)N(C(=N)N)CC2. The maximum absolute atomic E-state index is 13.7. The average molecular weight is 548 g/mol. The number of nitrogens with one attached hydrogen (secondary N) is 1. The van der Waals surface area contributed by atoms with Crippen LogP contribution in [0.25, 0.3) is 0 Å². The van der Waals surface area contributed by atoms with Crippen molar-refractivity contribution < 1.29 is 27.4 Å². The van der Waals surface area contributed by atoms with Crippen molar-refractivity contribution in [2.24, 2.45) is 5.73 Å². The number of nitrogens with zero attached hydrogens (tertiary/aromatic N) is 1. The van der Waals surface area contributed by atoms with E-state index in [0.717, 1.165) is 43.7 Å². The summed E-state index contributed by atoms with van der Waals surface area (Å²) in [6.07, 6.45) is 4.79. The maximum atomic E-state index is 13.7. The van der Waals surface area contributed by atoms with Crippen LogP contribution in [0.5, 0.6) is 5.75 Å². The Labute approximate surface area is 224 Å². The number of ether oxygens (including phenoxy) is 1. The van der Waals surface area contributed by atoms with Crippen LogP contribution in [0.3, 0.4) is 0 Å². The van der Waals surface area contributed by atoms with Crippen LogP contribution < -0.4 is 10.5 Å². The Kier molecular flexibility index (Phi) is 9.76. The summed E-state index contributed by atoms with van der Waals surface area (Å²) in [5, 5.41) is 15.7. The second kappa shape index (κ2) is 12.6. The number of nitrogens with two attached hydrogens (primary N) is 1. The molecule has 1 unspecified atom stereocenters. The first-order valence-electron chi connectivity index (χ1n) is 13.0. The quantitative estimate of drug-likeness (QED) is 0.240. The molecular formula is C28H38FN3O5S. The molecule has 8 nitrogen and oxygen atoms in total. The Hall–Kier alpha value is -3.14. The maximum Gasteiger partial charge on any atom is 0.300 e. The average Bonchev–Trinajstić information content (AvgIpc) is 2.82. The molecule has 4 N–H and O–H groups in total. The van der Waals surface area contributed by atoms with E-state index in [1.54, 1.807) is 0 Å². The highest BCUT2D eigenvalue weighted by Gasteiger charge is 2.50. The highest BCUT2D eigenvalue weighted by Crippen LogP contribution is 2.56. The molecule has 0 radical (unpaired) electrons. The first-order valence-corrected chi connectivity index (χ1v) is 14.8. The molecule has 2 aromatic carbocycles. The van der Waals surface area contributed by atoms with E-state index < -0.39 is 15.8 Å². The molecule has 4 rings (SSSR count). The van der Waals surface area contributed by atoms with Crippen molar-refractivity contribution in [1.29, 1.82) is 5.41 Å².